The van der Waals surface area contributed by atoms with Crippen LogP contribution in [0.5, 0.6) is 0 Å². The standard InChI is InChI=1S/C10H16N4O4/c1-5(15)8(10(17)18)14-9(16)7(11)2-6-3-12-4-13-6/h3-5,7-8,15H,2,11H2,1H3,(H,12,13)(H,14,16)(H,17,18)/t5-,7+,8+/m0/s1. The fraction of sp³-hybridized carbons (Fsp3) is 0.500. The van der Waals surface area contributed by atoms with Crippen LogP contribution in [0.1, 0.15) is 12.6 Å². The number of nitrogens with one attached hydrogen (secondary N) is 2. The monoisotopic (exact) mass is 256 g/mol. The number of carboxylic acids is 1. The summed E-state index contributed by atoms with van der Waals surface area (Å²) in [5, 5.41) is 20.2. The second-order valence-electron chi connectivity index (χ2n) is 3.94. The number of aliphatic carboxylic acids is 1. The van der Waals surface area contributed by atoms with Gasteiger partial charge in [-0.05, 0) is 6.92 Å². The largest absolute Gasteiger partial charge is 0.480 e. The molecule has 100 valence electrons. The Kier molecular flexibility index (Phi) is 4.81. The topological polar surface area (TPSA) is 141 Å². The van der Waals surface area contributed by atoms with Gasteiger partial charge in [-0.25, -0.2) is 9.78 Å². The quantitative estimate of drug-likeness (QED) is 0.408. The Labute approximate surface area is 103 Å². The zero-order valence-electron chi connectivity index (χ0n) is 9.83. The molecule has 0 radical (unpaired) electrons. The summed E-state index contributed by atoms with van der Waals surface area (Å²) < 4.78 is 0. The van der Waals surface area contributed by atoms with Crippen molar-refractivity contribution in [3.05, 3.63) is 18.2 Å². The van der Waals surface area contributed by atoms with Gasteiger partial charge in [0.2, 0.25) is 5.91 Å². The van der Waals surface area contributed by atoms with Gasteiger partial charge in [0.1, 0.15) is 0 Å². The molecule has 3 atom stereocenters. The van der Waals surface area contributed by atoms with Crippen LogP contribution >= 0.6 is 0 Å². The first-order valence-electron chi connectivity index (χ1n) is 5.36. The number of rotatable bonds is 6. The van der Waals surface area contributed by atoms with Crippen LogP contribution in [0.25, 0.3) is 0 Å². The second-order valence-corrected chi connectivity index (χ2v) is 3.94. The normalized spacial score (nSPS) is 15.7. The van der Waals surface area contributed by atoms with E-state index in [4.69, 9.17) is 10.8 Å². The van der Waals surface area contributed by atoms with Gasteiger partial charge in [0.25, 0.3) is 0 Å². The summed E-state index contributed by atoms with van der Waals surface area (Å²) >= 11 is 0. The molecule has 0 saturated heterocycles. The van der Waals surface area contributed by atoms with E-state index in [0.29, 0.717) is 5.69 Å². The van der Waals surface area contributed by atoms with Crippen molar-refractivity contribution in [2.24, 2.45) is 5.73 Å². The Hall–Kier alpha value is -1.93. The Balaban J connectivity index is 2.56. The number of aromatic nitrogens is 2. The van der Waals surface area contributed by atoms with Gasteiger partial charge in [0, 0.05) is 12.6 Å². The van der Waals surface area contributed by atoms with E-state index in [2.05, 4.69) is 15.3 Å². The molecule has 8 nitrogen and oxygen atoms in total. The smallest absolute Gasteiger partial charge is 0.328 e. The average molecular weight is 256 g/mol. The number of imidazole rings is 1. The zero-order valence-corrected chi connectivity index (χ0v) is 9.83. The van der Waals surface area contributed by atoms with E-state index >= 15 is 0 Å². The van der Waals surface area contributed by atoms with Gasteiger partial charge in [-0.3, -0.25) is 4.79 Å². The first-order chi connectivity index (χ1) is 8.41. The lowest BCUT2D eigenvalue weighted by atomic mass is 10.1. The maximum absolute atomic E-state index is 11.6. The van der Waals surface area contributed by atoms with Crippen molar-refractivity contribution in [3.63, 3.8) is 0 Å². The number of carbonyl (C=O) groups is 2. The van der Waals surface area contributed by atoms with E-state index < -0.39 is 30.1 Å². The average Bonchev–Trinajstić information content (AvgIpc) is 2.77. The molecular weight excluding hydrogens is 240 g/mol. The molecule has 0 aromatic carbocycles. The number of nitrogens with two attached hydrogens (primary N) is 1. The molecular formula is C10H16N4O4. The predicted molar refractivity (Wildman–Crippen MR) is 61.5 cm³/mol. The lowest BCUT2D eigenvalue weighted by Crippen LogP contribution is -2.53. The van der Waals surface area contributed by atoms with Crippen LogP contribution in [-0.2, 0) is 16.0 Å². The molecule has 1 amide bonds. The molecule has 18 heavy (non-hydrogen) atoms. The van der Waals surface area contributed by atoms with Gasteiger partial charge >= 0.3 is 5.97 Å². The number of carboxylic acid groups (broad SMARTS) is 1. The number of aromatic amines is 1. The number of aliphatic hydroxyl groups is 1. The van der Waals surface area contributed by atoms with Crippen LogP contribution in [0.4, 0.5) is 0 Å². The summed E-state index contributed by atoms with van der Waals surface area (Å²) in [4.78, 5) is 29.0. The summed E-state index contributed by atoms with van der Waals surface area (Å²) in [5.41, 5.74) is 6.22. The van der Waals surface area contributed by atoms with E-state index in [1.165, 1.54) is 13.3 Å². The van der Waals surface area contributed by atoms with Crippen LogP contribution in [0.3, 0.4) is 0 Å². The lowest BCUT2D eigenvalue weighted by Gasteiger charge is -2.19. The van der Waals surface area contributed by atoms with Gasteiger partial charge in [-0.2, -0.15) is 0 Å². The van der Waals surface area contributed by atoms with Gasteiger partial charge in [0.05, 0.1) is 24.2 Å². The first-order valence-corrected chi connectivity index (χ1v) is 5.36. The van der Waals surface area contributed by atoms with Crippen LogP contribution in [-0.4, -0.2) is 50.2 Å². The molecule has 1 rings (SSSR count). The summed E-state index contributed by atoms with van der Waals surface area (Å²) in [6, 6.07) is -2.29. The second kappa shape index (κ2) is 6.12. The molecule has 0 bridgehead atoms. The minimum absolute atomic E-state index is 0.182. The van der Waals surface area contributed by atoms with Crippen LogP contribution < -0.4 is 11.1 Å². The van der Waals surface area contributed by atoms with Crippen molar-refractivity contribution < 1.29 is 19.8 Å². The zero-order chi connectivity index (χ0) is 13.7. The van der Waals surface area contributed by atoms with E-state index in [1.807, 2.05) is 0 Å². The Morgan fingerprint density at radius 2 is 2.28 bits per heavy atom. The van der Waals surface area contributed by atoms with Crippen LogP contribution in [0.2, 0.25) is 0 Å². The number of hydrogen-bond acceptors (Lipinski definition) is 5. The molecule has 0 unspecified atom stereocenters. The third-order valence-corrected chi connectivity index (χ3v) is 2.37. The molecule has 0 aliphatic heterocycles. The third-order valence-electron chi connectivity index (χ3n) is 2.37. The molecule has 0 fully saturated rings. The number of aliphatic hydroxyl groups excluding tert-OH is 1. The predicted octanol–water partition coefficient (Wildman–Crippen LogP) is -1.77. The molecule has 1 aromatic rings. The summed E-state index contributed by atoms with van der Waals surface area (Å²) in [7, 11) is 0. The molecule has 8 heteroatoms. The molecule has 6 N–H and O–H groups in total. The van der Waals surface area contributed by atoms with Crippen LogP contribution in [0, 0.1) is 0 Å². The van der Waals surface area contributed by atoms with Gasteiger partial charge < -0.3 is 26.2 Å². The highest BCUT2D eigenvalue weighted by Gasteiger charge is 2.27. The molecule has 1 heterocycles. The SMILES string of the molecule is C[C@H](O)[C@@H](NC(=O)[C@H](N)Cc1c[nH]cn1)C(=O)O. The Morgan fingerprint density at radius 1 is 1.61 bits per heavy atom. The van der Waals surface area contributed by atoms with E-state index in [9.17, 15) is 14.7 Å². The summed E-state index contributed by atoms with van der Waals surface area (Å²) in [6.07, 6.45) is 2.03. The highest BCUT2D eigenvalue weighted by Crippen LogP contribution is 1.99. The van der Waals surface area contributed by atoms with E-state index in [0.717, 1.165) is 0 Å². The Bertz CT molecular complexity index is 404. The summed E-state index contributed by atoms with van der Waals surface area (Å²) in [5.74, 6) is -1.96. The number of nitrogens with zero attached hydrogens (tertiary/aromatic N) is 1. The van der Waals surface area contributed by atoms with E-state index in [-0.39, 0.29) is 6.42 Å². The van der Waals surface area contributed by atoms with Crippen LogP contribution in [0.15, 0.2) is 12.5 Å². The lowest BCUT2D eigenvalue weighted by molar-refractivity contribution is -0.144. The van der Waals surface area contributed by atoms with Crippen molar-refractivity contribution in [1.29, 1.82) is 0 Å². The molecule has 0 spiro atoms. The minimum Gasteiger partial charge on any atom is -0.480 e. The minimum atomic E-state index is -1.37. The van der Waals surface area contributed by atoms with Gasteiger partial charge in [-0.1, -0.05) is 0 Å². The molecule has 0 saturated carbocycles. The fourth-order valence-corrected chi connectivity index (χ4v) is 1.37. The van der Waals surface area contributed by atoms with Crippen molar-refractivity contribution in [1.82, 2.24) is 15.3 Å². The van der Waals surface area contributed by atoms with Crippen molar-refractivity contribution in [2.75, 3.05) is 0 Å². The number of hydrogen-bond donors (Lipinski definition) is 5. The van der Waals surface area contributed by atoms with Crippen molar-refractivity contribution in [2.45, 2.75) is 31.5 Å². The molecule has 0 aliphatic rings. The highest BCUT2D eigenvalue weighted by atomic mass is 16.4. The fourth-order valence-electron chi connectivity index (χ4n) is 1.37. The van der Waals surface area contributed by atoms with Gasteiger partial charge in [-0.15, -0.1) is 0 Å². The van der Waals surface area contributed by atoms with Crippen molar-refractivity contribution in [3.8, 4) is 0 Å². The maximum Gasteiger partial charge on any atom is 0.328 e. The Morgan fingerprint density at radius 3 is 2.72 bits per heavy atom. The molecule has 1 aromatic heterocycles. The number of H-pyrrole nitrogens is 1. The third kappa shape index (κ3) is 3.82. The molecule has 0 aliphatic carbocycles. The van der Waals surface area contributed by atoms with Gasteiger partial charge in [0.15, 0.2) is 6.04 Å². The number of amides is 1. The highest BCUT2D eigenvalue weighted by molar-refractivity contribution is 5.87. The van der Waals surface area contributed by atoms with E-state index in [1.54, 1.807) is 6.20 Å². The number of carbonyl (C=O) groups excluding carboxylic acids is 1. The maximum atomic E-state index is 11.6. The first kappa shape index (κ1) is 14.1. The van der Waals surface area contributed by atoms with Crippen molar-refractivity contribution >= 4 is 11.9 Å². The summed E-state index contributed by atoms with van der Waals surface area (Å²) in [6.45, 7) is 1.28.